The Morgan fingerprint density at radius 2 is 1.67 bits per heavy atom. The van der Waals surface area contributed by atoms with Crippen molar-refractivity contribution in [2.75, 3.05) is 6.54 Å². The Bertz CT molecular complexity index is 388. The predicted octanol–water partition coefficient (Wildman–Crippen LogP) is 3.11. The number of amides is 2. The minimum absolute atomic E-state index is 0.0148. The lowest BCUT2D eigenvalue weighted by atomic mass is 9.81. The average molecular weight is 296 g/mol. The molecular formula is C17H32N2O2. The largest absolute Gasteiger partial charge is 0.340 e. The molecule has 1 unspecified atom stereocenters. The molecule has 0 bridgehead atoms. The Morgan fingerprint density at radius 1 is 1.10 bits per heavy atom. The van der Waals surface area contributed by atoms with E-state index in [1.165, 1.54) is 0 Å². The molecule has 1 aliphatic rings. The second-order valence-electron chi connectivity index (χ2n) is 6.87. The molecule has 0 saturated carbocycles. The molecule has 0 aromatic rings. The van der Waals surface area contributed by atoms with Gasteiger partial charge in [0.25, 0.3) is 0 Å². The van der Waals surface area contributed by atoms with E-state index in [1.807, 2.05) is 32.6 Å². The first-order valence-electron chi connectivity index (χ1n) is 8.42. The van der Waals surface area contributed by atoms with Crippen molar-refractivity contribution >= 4 is 11.8 Å². The maximum atomic E-state index is 12.9. The fourth-order valence-corrected chi connectivity index (χ4v) is 3.20. The van der Waals surface area contributed by atoms with Crippen molar-refractivity contribution in [1.82, 2.24) is 10.2 Å². The molecule has 1 rings (SSSR count). The summed E-state index contributed by atoms with van der Waals surface area (Å²) in [5, 5.41) is 2.98. The van der Waals surface area contributed by atoms with E-state index >= 15 is 0 Å². The maximum Gasteiger partial charge on any atom is 0.248 e. The van der Waals surface area contributed by atoms with E-state index in [9.17, 15) is 9.59 Å². The molecule has 0 aliphatic carbocycles. The molecule has 0 radical (unpaired) electrons. The van der Waals surface area contributed by atoms with Crippen LogP contribution < -0.4 is 5.32 Å². The molecular weight excluding hydrogens is 264 g/mol. The van der Waals surface area contributed by atoms with E-state index in [1.54, 1.807) is 0 Å². The van der Waals surface area contributed by atoms with Crippen LogP contribution in [0.2, 0.25) is 0 Å². The number of carbonyl (C=O) groups excluding carboxylic acids is 2. The molecule has 0 spiro atoms. The fourth-order valence-electron chi connectivity index (χ4n) is 3.20. The summed E-state index contributed by atoms with van der Waals surface area (Å²) in [5.41, 5.74) is -1.41. The van der Waals surface area contributed by atoms with Gasteiger partial charge in [-0.15, -0.1) is 0 Å². The molecule has 4 nitrogen and oxygen atoms in total. The third-order valence-corrected chi connectivity index (χ3v) is 5.09. The minimum atomic E-state index is -0.747. The standard InChI is InChI=1S/C17H32N2O2/c1-7-16(6)15(21)19(12-10-11-13(4)5)17(8-2,9-3)14(20)18-16/h13H,7-12H2,1-6H3,(H,18,20). The third kappa shape index (κ3) is 3.24. The first-order chi connectivity index (χ1) is 9.77. The summed E-state index contributed by atoms with van der Waals surface area (Å²) >= 11 is 0. The highest BCUT2D eigenvalue weighted by Gasteiger charge is 2.54. The molecule has 2 amide bonds. The van der Waals surface area contributed by atoms with Crippen LogP contribution in [0.3, 0.4) is 0 Å². The van der Waals surface area contributed by atoms with Crippen LogP contribution in [0.25, 0.3) is 0 Å². The van der Waals surface area contributed by atoms with Gasteiger partial charge in [0.15, 0.2) is 0 Å². The molecule has 4 heteroatoms. The molecule has 0 aromatic carbocycles. The molecule has 1 N–H and O–H groups in total. The summed E-state index contributed by atoms with van der Waals surface area (Å²) in [5.74, 6) is 0.715. The van der Waals surface area contributed by atoms with Crippen LogP contribution in [-0.2, 0) is 9.59 Å². The summed E-state index contributed by atoms with van der Waals surface area (Å²) in [6.45, 7) is 12.9. The van der Waals surface area contributed by atoms with Crippen LogP contribution in [0, 0.1) is 5.92 Å². The van der Waals surface area contributed by atoms with E-state index < -0.39 is 11.1 Å². The normalized spacial score (nSPS) is 25.4. The summed E-state index contributed by atoms with van der Waals surface area (Å²) in [6, 6.07) is 0. The van der Waals surface area contributed by atoms with E-state index in [-0.39, 0.29) is 11.8 Å². The molecule has 21 heavy (non-hydrogen) atoms. The van der Waals surface area contributed by atoms with Crippen LogP contribution in [0.4, 0.5) is 0 Å². The van der Waals surface area contributed by atoms with Crippen molar-refractivity contribution in [3.8, 4) is 0 Å². The van der Waals surface area contributed by atoms with Crippen LogP contribution in [0.1, 0.15) is 73.6 Å². The number of piperazine rings is 1. The molecule has 1 heterocycles. The first kappa shape index (κ1) is 18.0. The van der Waals surface area contributed by atoms with Crippen LogP contribution in [0.5, 0.6) is 0 Å². The van der Waals surface area contributed by atoms with Gasteiger partial charge >= 0.3 is 0 Å². The highest BCUT2D eigenvalue weighted by molar-refractivity contribution is 6.02. The lowest BCUT2D eigenvalue weighted by molar-refractivity contribution is -0.163. The van der Waals surface area contributed by atoms with Gasteiger partial charge in [-0.1, -0.05) is 34.6 Å². The van der Waals surface area contributed by atoms with Crippen molar-refractivity contribution < 1.29 is 9.59 Å². The van der Waals surface area contributed by atoms with Crippen LogP contribution >= 0.6 is 0 Å². The number of hydrogen-bond acceptors (Lipinski definition) is 2. The van der Waals surface area contributed by atoms with Gasteiger partial charge in [0.1, 0.15) is 11.1 Å². The number of carbonyl (C=O) groups is 2. The van der Waals surface area contributed by atoms with Gasteiger partial charge in [-0.2, -0.15) is 0 Å². The van der Waals surface area contributed by atoms with Gasteiger partial charge in [0.05, 0.1) is 0 Å². The lowest BCUT2D eigenvalue weighted by Crippen LogP contribution is -2.74. The summed E-state index contributed by atoms with van der Waals surface area (Å²) in [4.78, 5) is 27.5. The zero-order valence-corrected chi connectivity index (χ0v) is 14.6. The second-order valence-corrected chi connectivity index (χ2v) is 6.87. The Labute approximate surface area is 129 Å². The van der Waals surface area contributed by atoms with Gasteiger partial charge in [0.2, 0.25) is 11.8 Å². The smallest absolute Gasteiger partial charge is 0.248 e. The number of nitrogens with zero attached hydrogens (tertiary/aromatic N) is 1. The Balaban J connectivity index is 3.07. The maximum absolute atomic E-state index is 12.9. The van der Waals surface area contributed by atoms with Crippen molar-refractivity contribution in [3.63, 3.8) is 0 Å². The van der Waals surface area contributed by atoms with E-state index in [0.717, 1.165) is 12.8 Å². The number of rotatable bonds is 7. The Kier molecular flexibility index (Phi) is 5.83. The average Bonchev–Trinajstić information content (AvgIpc) is 2.44. The third-order valence-electron chi connectivity index (χ3n) is 5.09. The Morgan fingerprint density at radius 3 is 2.10 bits per heavy atom. The highest BCUT2D eigenvalue weighted by atomic mass is 16.2. The molecule has 1 saturated heterocycles. The quantitative estimate of drug-likeness (QED) is 0.785. The predicted molar refractivity (Wildman–Crippen MR) is 85.9 cm³/mol. The highest BCUT2D eigenvalue weighted by Crippen LogP contribution is 2.33. The summed E-state index contributed by atoms with van der Waals surface area (Å²) < 4.78 is 0. The zero-order chi connectivity index (χ0) is 16.3. The van der Waals surface area contributed by atoms with Gasteiger partial charge in [0, 0.05) is 6.54 Å². The first-order valence-corrected chi connectivity index (χ1v) is 8.42. The van der Waals surface area contributed by atoms with Gasteiger partial charge in [-0.3, -0.25) is 9.59 Å². The molecule has 0 aromatic heterocycles. The molecule has 122 valence electrons. The van der Waals surface area contributed by atoms with E-state index in [2.05, 4.69) is 19.2 Å². The summed E-state index contributed by atoms with van der Waals surface area (Å²) in [6.07, 6.45) is 4.00. The van der Waals surface area contributed by atoms with Gasteiger partial charge in [-0.25, -0.2) is 0 Å². The zero-order valence-electron chi connectivity index (χ0n) is 14.6. The van der Waals surface area contributed by atoms with Crippen molar-refractivity contribution in [2.45, 2.75) is 84.7 Å². The Hall–Kier alpha value is -1.06. The minimum Gasteiger partial charge on any atom is -0.340 e. The van der Waals surface area contributed by atoms with Crippen LogP contribution in [0.15, 0.2) is 0 Å². The monoisotopic (exact) mass is 296 g/mol. The van der Waals surface area contributed by atoms with Crippen molar-refractivity contribution in [1.29, 1.82) is 0 Å². The second kappa shape index (κ2) is 6.80. The lowest BCUT2D eigenvalue weighted by Gasteiger charge is -2.51. The van der Waals surface area contributed by atoms with Gasteiger partial charge in [-0.05, 0) is 44.9 Å². The van der Waals surface area contributed by atoms with Crippen molar-refractivity contribution in [2.24, 2.45) is 5.92 Å². The SMILES string of the molecule is CCC1(C)NC(=O)C(CC)(CC)N(CCCC(C)C)C1=O. The molecule has 1 aliphatic heterocycles. The van der Waals surface area contributed by atoms with E-state index in [0.29, 0.717) is 31.7 Å². The van der Waals surface area contributed by atoms with Crippen LogP contribution in [-0.4, -0.2) is 34.3 Å². The number of nitrogens with one attached hydrogen (secondary N) is 1. The number of hydrogen-bond donors (Lipinski definition) is 1. The van der Waals surface area contributed by atoms with Gasteiger partial charge < -0.3 is 10.2 Å². The molecule has 1 atom stereocenters. The fraction of sp³-hybridized carbons (Fsp3) is 0.882. The molecule has 1 fully saturated rings. The van der Waals surface area contributed by atoms with Crippen molar-refractivity contribution in [3.05, 3.63) is 0 Å². The topological polar surface area (TPSA) is 49.4 Å². The summed E-state index contributed by atoms with van der Waals surface area (Å²) in [7, 11) is 0. The van der Waals surface area contributed by atoms with E-state index in [4.69, 9.17) is 0 Å².